The lowest BCUT2D eigenvalue weighted by molar-refractivity contribution is -0.206. The topological polar surface area (TPSA) is 62.2 Å². The lowest BCUT2D eigenvalue weighted by atomic mass is 9.48. The Kier molecular flexibility index (Phi) is 3.13. The van der Waals surface area contributed by atoms with E-state index in [1.807, 2.05) is 12.1 Å². The smallest absolute Gasteiger partial charge is 0.166 e. The standard InChI is InChI=1S/C20H25NO4/c1-3-9-21-10-8-19-16-12-4-5-14(24-2)17(16)25-18(19)13(22)6-7-20(19,23)15(21)11-12/h3-5,13,15,18,22-23H,1,6-11H2,2H3/t13-,15-,18+,19?,20-/m0/s1. The maximum absolute atomic E-state index is 12.0. The highest BCUT2D eigenvalue weighted by atomic mass is 16.5. The summed E-state index contributed by atoms with van der Waals surface area (Å²) in [6, 6.07) is 4.09. The van der Waals surface area contributed by atoms with Crippen molar-refractivity contribution in [2.24, 2.45) is 0 Å². The number of methoxy groups -OCH3 is 1. The molecule has 2 aliphatic carbocycles. The zero-order valence-corrected chi connectivity index (χ0v) is 14.6. The van der Waals surface area contributed by atoms with Gasteiger partial charge in [0.05, 0.1) is 24.2 Å². The van der Waals surface area contributed by atoms with E-state index in [1.54, 1.807) is 7.11 Å². The minimum atomic E-state index is -0.886. The molecule has 1 unspecified atom stereocenters. The van der Waals surface area contributed by atoms with Gasteiger partial charge in [-0.25, -0.2) is 0 Å². The molecule has 25 heavy (non-hydrogen) atoms. The fourth-order valence-corrected chi connectivity index (χ4v) is 6.14. The molecule has 134 valence electrons. The maximum Gasteiger partial charge on any atom is 0.166 e. The largest absolute Gasteiger partial charge is 0.493 e. The average Bonchev–Trinajstić information content (AvgIpc) is 2.96. The van der Waals surface area contributed by atoms with Gasteiger partial charge in [0.25, 0.3) is 0 Å². The van der Waals surface area contributed by atoms with Crippen molar-refractivity contribution in [1.29, 1.82) is 0 Å². The maximum atomic E-state index is 12.0. The Labute approximate surface area is 147 Å². The molecule has 2 fully saturated rings. The molecule has 1 aromatic carbocycles. The molecule has 2 N–H and O–H groups in total. The number of benzene rings is 1. The molecular weight excluding hydrogens is 318 g/mol. The Morgan fingerprint density at radius 3 is 3.04 bits per heavy atom. The van der Waals surface area contributed by atoms with Crippen LogP contribution in [0.1, 0.15) is 30.4 Å². The third-order valence-corrected chi connectivity index (χ3v) is 7.11. The van der Waals surface area contributed by atoms with E-state index in [-0.39, 0.29) is 6.04 Å². The van der Waals surface area contributed by atoms with Crippen LogP contribution in [0.3, 0.4) is 0 Å². The summed E-state index contributed by atoms with van der Waals surface area (Å²) in [7, 11) is 1.64. The number of nitrogens with zero attached hydrogens (tertiary/aromatic N) is 1. The number of rotatable bonds is 3. The first-order chi connectivity index (χ1) is 12.1. The van der Waals surface area contributed by atoms with Crippen LogP contribution in [0.25, 0.3) is 0 Å². The summed E-state index contributed by atoms with van der Waals surface area (Å²) >= 11 is 0. The van der Waals surface area contributed by atoms with Gasteiger partial charge < -0.3 is 19.7 Å². The van der Waals surface area contributed by atoms with Crippen molar-refractivity contribution in [1.82, 2.24) is 4.90 Å². The van der Waals surface area contributed by atoms with Crippen molar-refractivity contribution in [3.63, 3.8) is 0 Å². The van der Waals surface area contributed by atoms with Gasteiger partial charge in [0.2, 0.25) is 0 Å². The van der Waals surface area contributed by atoms with Crippen LogP contribution in [0.15, 0.2) is 24.8 Å². The first-order valence-electron chi connectivity index (χ1n) is 9.19. The van der Waals surface area contributed by atoms with Crippen molar-refractivity contribution in [3.05, 3.63) is 35.9 Å². The van der Waals surface area contributed by atoms with Crippen molar-refractivity contribution >= 4 is 0 Å². The minimum Gasteiger partial charge on any atom is -0.493 e. The number of aliphatic hydroxyl groups excluding tert-OH is 1. The second-order valence-electron chi connectivity index (χ2n) is 7.92. The highest BCUT2D eigenvalue weighted by Gasteiger charge is 2.72. The van der Waals surface area contributed by atoms with Gasteiger partial charge in [-0.2, -0.15) is 0 Å². The average molecular weight is 343 g/mol. The number of aliphatic hydroxyl groups is 2. The van der Waals surface area contributed by atoms with Crippen LogP contribution >= 0.6 is 0 Å². The third-order valence-electron chi connectivity index (χ3n) is 7.11. The van der Waals surface area contributed by atoms with E-state index < -0.39 is 23.2 Å². The van der Waals surface area contributed by atoms with Crippen molar-refractivity contribution in [2.45, 2.75) is 54.9 Å². The molecule has 5 rings (SSSR count). The van der Waals surface area contributed by atoms with Gasteiger partial charge in [-0.1, -0.05) is 12.1 Å². The number of likely N-dealkylation sites (tertiary alicyclic amines) is 1. The highest BCUT2D eigenvalue weighted by molar-refractivity contribution is 5.62. The van der Waals surface area contributed by atoms with Crippen molar-refractivity contribution in [2.75, 3.05) is 20.2 Å². The molecule has 1 saturated heterocycles. The fourth-order valence-electron chi connectivity index (χ4n) is 6.14. The summed E-state index contributed by atoms with van der Waals surface area (Å²) in [5.41, 5.74) is 0.885. The van der Waals surface area contributed by atoms with Crippen LogP contribution < -0.4 is 9.47 Å². The zero-order valence-electron chi connectivity index (χ0n) is 14.6. The van der Waals surface area contributed by atoms with E-state index in [2.05, 4.69) is 17.5 Å². The van der Waals surface area contributed by atoms with Gasteiger partial charge in [0.15, 0.2) is 11.5 Å². The highest BCUT2D eigenvalue weighted by Crippen LogP contribution is 2.65. The number of piperidine rings is 1. The summed E-state index contributed by atoms with van der Waals surface area (Å²) < 4.78 is 11.8. The first kappa shape index (κ1) is 15.7. The van der Waals surface area contributed by atoms with Crippen LogP contribution in [0.4, 0.5) is 0 Å². The summed E-state index contributed by atoms with van der Waals surface area (Å²) in [5, 5.41) is 22.7. The van der Waals surface area contributed by atoms with E-state index >= 15 is 0 Å². The monoisotopic (exact) mass is 343 g/mol. The molecule has 2 heterocycles. The van der Waals surface area contributed by atoms with Crippen LogP contribution in [-0.4, -0.2) is 59.2 Å². The quantitative estimate of drug-likeness (QED) is 0.813. The van der Waals surface area contributed by atoms with E-state index in [1.165, 1.54) is 5.56 Å². The first-order valence-corrected chi connectivity index (χ1v) is 9.19. The Morgan fingerprint density at radius 1 is 1.44 bits per heavy atom. The second-order valence-corrected chi connectivity index (χ2v) is 7.92. The number of hydrogen-bond donors (Lipinski definition) is 2. The molecule has 5 nitrogen and oxygen atoms in total. The van der Waals surface area contributed by atoms with Gasteiger partial charge in [0, 0.05) is 18.2 Å². The Morgan fingerprint density at radius 2 is 2.28 bits per heavy atom. The van der Waals surface area contributed by atoms with Crippen LogP contribution in [0.2, 0.25) is 0 Å². The molecule has 0 radical (unpaired) electrons. The van der Waals surface area contributed by atoms with E-state index in [0.717, 1.165) is 37.2 Å². The fraction of sp³-hybridized carbons (Fsp3) is 0.600. The van der Waals surface area contributed by atoms with Gasteiger partial charge in [-0.05, 0) is 43.9 Å². The van der Waals surface area contributed by atoms with E-state index in [4.69, 9.17) is 9.47 Å². The van der Waals surface area contributed by atoms with Gasteiger partial charge >= 0.3 is 0 Å². The predicted octanol–water partition coefficient (Wildman–Crippen LogP) is 1.40. The molecule has 2 bridgehead atoms. The number of hydrogen-bond acceptors (Lipinski definition) is 5. The molecular formula is C20H25NO4. The molecule has 1 aromatic rings. The Bertz CT molecular complexity index is 749. The van der Waals surface area contributed by atoms with E-state index in [9.17, 15) is 10.2 Å². The third kappa shape index (κ3) is 1.65. The molecule has 5 atom stereocenters. The van der Waals surface area contributed by atoms with Gasteiger partial charge in [-0.15, -0.1) is 6.58 Å². The zero-order chi connectivity index (χ0) is 17.4. The van der Waals surface area contributed by atoms with E-state index in [0.29, 0.717) is 18.6 Å². The molecule has 4 aliphatic rings. The Balaban J connectivity index is 1.77. The van der Waals surface area contributed by atoms with Gasteiger partial charge in [-0.3, -0.25) is 4.90 Å². The second kappa shape index (κ2) is 5.00. The summed E-state index contributed by atoms with van der Waals surface area (Å²) in [6.45, 7) is 5.54. The van der Waals surface area contributed by atoms with Crippen LogP contribution in [0.5, 0.6) is 11.5 Å². The summed E-state index contributed by atoms with van der Waals surface area (Å²) in [6.07, 6.45) is 3.69. The summed E-state index contributed by atoms with van der Waals surface area (Å²) in [5.74, 6) is 1.43. The normalized spacial score (nSPS) is 41.0. The van der Waals surface area contributed by atoms with Crippen molar-refractivity contribution in [3.8, 4) is 11.5 Å². The SMILES string of the molecule is C=CCN1CCC23c4c5ccc(OC)c4O[C@@H]2[C@@H](O)CC[C@]3(O)[C@@H]1C5. The molecule has 1 saturated carbocycles. The lowest BCUT2D eigenvalue weighted by Crippen LogP contribution is -2.77. The minimum absolute atomic E-state index is 0.0321. The molecule has 0 amide bonds. The molecule has 5 heteroatoms. The summed E-state index contributed by atoms with van der Waals surface area (Å²) in [4.78, 5) is 2.35. The molecule has 2 aliphatic heterocycles. The lowest BCUT2D eigenvalue weighted by Gasteiger charge is -2.63. The number of ether oxygens (including phenoxy) is 2. The van der Waals surface area contributed by atoms with Crippen LogP contribution in [-0.2, 0) is 11.8 Å². The van der Waals surface area contributed by atoms with Crippen LogP contribution in [0, 0.1) is 0 Å². The molecule has 1 spiro atoms. The molecule has 0 aromatic heterocycles. The van der Waals surface area contributed by atoms with Crippen molar-refractivity contribution < 1.29 is 19.7 Å². The Hall–Kier alpha value is -1.56. The predicted molar refractivity (Wildman–Crippen MR) is 93.2 cm³/mol. The van der Waals surface area contributed by atoms with Gasteiger partial charge in [0.1, 0.15) is 6.10 Å².